The molecule has 12 unspecified atom stereocenters. The first-order chi connectivity index (χ1) is 28.1. The molecule has 14 nitrogen and oxygen atoms in total. The average Bonchev–Trinajstić information content (AvgIpc) is 3.22. The lowest BCUT2D eigenvalue weighted by atomic mass is 9.97. The van der Waals surface area contributed by atoms with Gasteiger partial charge in [0, 0.05) is 6.42 Å². The van der Waals surface area contributed by atoms with Crippen LogP contribution in [0.2, 0.25) is 0 Å². The van der Waals surface area contributed by atoms with Crippen molar-refractivity contribution in [2.45, 2.75) is 216 Å². The van der Waals surface area contributed by atoms with Crippen molar-refractivity contribution in [3.63, 3.8) is 0 Å². The summed E-state index contributed by atoms with van der Waals surface area (Å²) in [6, 6.07) is -0.830. The van der Waals surface area contributed by atoms with Gasteiger partial charge in [-0.2, -0.15) is 0 Å². The summed E-state index contributed by atoms with van der Waals surface area (Å²) in [6.07, 6.45) is 16.9. The highest BCUT2D eigenvalue weighted by atomic mass is 16.7. The number of nitrogens with one attached hydrogen (secondary N) is 1. The van der Waals surface area contributed by atoms with Gasteiger partial charge in [0.25, 0.3) is 0 Å². The van der Waals surface area contributed by atoms with E-state index in [4.69, 9.17) is 18.9 Å². The first kappa shape index (κ1) is 52.3. The summed E-state index contributed by atoms with van der Waals surface area (Å²) < 4.78 is 22.5. The predicted octanol–water partition coefficient (Wildman–Crippen LogP) is 3.98. The van der Waals surface area contributed by atoms with Gasteiger partial charge in [-0.1, -0.05) is 121 Å². The minimum atomic E-state index is -1.78. The van der Waals surface area contributed by atoms with Gasteiger partial charge in [-0.05, 0) is 51.4 Å². The molecule has 0 aromatic rings. The van der Waals surface area contributed by atoms with Crippen molar-refractivity contribution >= 4 is 5.91 Å². The molecule has 0 aliphatic carbocycles. The number of hydrogen-bond donors (Lipinski definition) is 9. The summed E-state index contributed by atoms with van der Waals surface area (Å²) in [7, 11) is 0. The lowest BCUT2D eigenvalue weighted by Gasteiger charge is -2.46. The molecule has 0 spiro atoms. The molecule has 0 radical (unpaired) electrons. The van der Waals surface area contributed by atoms with Crippen LogP contribution in [-0.4, -0.2) is 140 Å². The number of ether oxygens (including phenoxy) is 4. The zero-order valence-corrected chi connectivity index (χ0v) is 35.3. The van der Waals surface area contributed by atoms with Crippen LogP contribution in [0.15, 0.2) is 36.5 Å². The summed E-state index contributed by atoms with van der Waals surface area (Å²) in [5, 5.41) is 85.8. The van der Waals surface area contributed by atoms with Gasteiger partial charge in [0.2, 0.25) is 5.91 Å². The Labute approximate surface area is 347 Å². The molecule has 0 aromatic carbocycles. The van der Waals surface area contributed by atoms with Gasteiger partial charge in [0.15, 0.2) is 12.6 Å². The Morgan fingerprint density at radius 2 is 1.14 bits per heavy atom. The van der Waals surface area contributed by atoms with E-state index in [1.807, 2.05) is 6.92 Å². The van der Waals surface area contributed by atoms with Crippen molar-refractivity contribution in [2.24, 2.45) is 0 Å². The zero-order chi connectivity index (χ0) is 42.5. The van der Waals surface area contributed by atoms with E-state index in [9.17, 15) is 45.6 Å². The van der Waals surface area contributed by atoms with Crippen molar-refractivity contribution in [1.29, 1.82) is 0 Å². The van der Waals surface area contributed by atoms with Crippen LogP contribution in [0.25, 0.3) is 0 Å². The monoisotopic (exact) mass is 830 g/mol. The van der Waals surface area contributed by atoms with Crippen LogP contribution in [0, 0.1) is 0 Å². The molecule has 2 aliphatic heterocycles. The van der Waals surface area contributed by atoms with Crippen LogP contribution in [0.1, 0.15) is 142 Å². The van der Waals surface area contributed by atoms with Crippen molar-refractivity contribution in [3.8, 4) is 0 Å². The first-order valence-electron chi connectivity index (χ1n) is 22.2. The number of aliphatic hydroxyl groups excluding tert-OH is 8. The Kier molecular flexibility index (Phi) is 28.9. The zero-order valence-electron chi connectivity index (χ0n) is 35.3. The molecule has 2 aliphatic rings. The van der Waals surface area contributed by atoms with Crippen LogP contribution in [0.3, 0.4) is 0 Å². The summed E-state index contributed by atoms with van der Waals surface area (Å²) in [6.45, 7) is 2.62. The number of rotatable bonds is 32. The molecule has 338 valence electrons. The number of hydrogen-bond acceptors (Lipinski definition) is 13. The summed E-state index contributed by atoms with van der Waals surface area (Å²) >= 11 is 0. The molecule has 58 heavy (non-hydrogen) atoms. The summed E-state index contributed by atoms with van der Waals surface area (Å²) in [5.74, 6) is -0.234. The molecule has 14 heteroatoms. The maximum absolute atomic E-state index is 13.0. The molecule has 0 aromatic heterocycles. The molecule has 2 heterocycles. The fraction of sp³-hybridized carbons (Fsp3) is 0.841. The minimum absolute atomic E-state index is 0.234. The van der Waals surface area contributed by atoms with Crippen LogP contribution in [0.5, 0.6) is 0 Å². The molecule has 1 amide bonds. The maximum atomic E-state index is 13.0. The van der Waals surface area contributed by atoms with Gasteiger partial charge in [0.1, 0.15) is 48.8 Å². The lowest BCUT2D eigenvalue weighted by molar-refractivity contribution is -0.359. The van der Waals surface area contributed by atoms with Gasteiger partial charge in [0.05, 0.1) is 32.0 Å². The topological polar surface area (TPSA) is 228 Å². The Morgan fingerprint density at radius 1 is 0.621 bits per heavy atom. The molecular weight excluding hydrogens is 750 g/mol. The quantitative estimate of drug-likeness (QED) is 0.0346. The van der Waals surface area contributed by atoms with E-state index in [1.54, 1.807) is 0 Å². The molecular formula is C44H79NO13. The van der Waals surface area contributed by atoms with E-state index in [2.05, 4.69) is 48.7 Å². The van der Waals surface area contributed by atoms with Crippen molar-refractivity contribution in [3.05, 3.63) is 36.5 Å². The highest BCUT2D eigenvalue weighted by Gasteiger charge is 2.51. The van der Waals surface area contributed by atoms with Gasteiger partial charge in [-0.15, -0.1) is 0 Å². The largest absolute Gasteiger partial charge is 0.394 e. The van der Waals surface area contributed by atoms with E-state index in [0.717, 1.165) is 70.6 Å². The van der Waals surface area contributed by atoms with E-state index in [-0.39, 0.29) is 18.9 Å². The van der Waals surface area contributed by atoms with Gasteiger partial charge in [-0.3, -0.25) is 4.79 Å². The van der Waals surface area contributed by atoms with E-state index in [1.165, 1.54) is 38.5 Å². The van der Waals surface area contributed by atoms with Gasteiger partial charge >= 0.3 is 0 Å². The maximum Gasteiger partial charge on any atom is 0.220 e. The summed E-state index contributed by atoms with van der Waals surface area (Å²) in [4.78, 5) is 13.0. The number of allylic oxidation sites excluding steroid dienone is 6. The standard InChI is InChI=1S/C44H79NO13/c1-3-5-7-8-9-10-11-12-13-14-15-16-17-18-19-20-21-22-23-24-26-28-36(49)45-32(33(48)27-25-6-4-2)31-55-43-41(54)39(52)42(35(30-47)57-43)58-44-40(53)38(51)37(50)34(29-46)56-44/h11-12,14-15,17-18,32-35,37-44,46-48,50-54H,3-10,13,16,19-31H2,1-2H3,(H,45,49)/b12-11-,15-14-,18-17-. The second-order valence-electron chi connectivity index (χ2n) is 15.8. The Balaban J connectivity index is 1.72. The van der Waals surface area contributed by atoms with Crippen LogP contribution < -0.4 is 5.32 Å². The van der Waals surface area contributed by atoms with E-state index in [0.29, 0.717) is 12.8 Å². The molecule has 0 saturated carbocycles. The Hall–Kier alpha value is -1.79. The van der Waals surface area contributed by atoms with E-state index < -0.39 is 86.8 Å². The van der Waals surface area contributed by atoms with Gasteiger partial charge in [-0.25, -0.2) is 0 Å². The second-order valence-corrected chi connectivity index (χ2v) is 15.8. The van der Waals surface area contributed by atoms with Crippen LogP contribution >= 0.6 is 0 Å². The third-order valence-electron chi connectivity index (χ3n) is 10.9. The molecule has 2 rings (SSSR count). The van der Waals surface area contributed by atoms with Crippen molar-refractivity contribution < 1.29 is 64.6 Å². The van der Waals surface area contributed by atoms with Crippen molar-refractivity contribution in [2.75, 3.05) is 19.8 Å². The van der Waals surface area contributed by atoms with Crippen LogP contribution in [0.4, 0.5) is 0 Å². The number of carbonyl (C=O) groups is 1. The fourth-order valence-electron chi connectivity index (χ4n) is 7.12. The number of carbonyl (C=O) groups excluding carboxylic acids is 1. The third kappa shape index (κ3) is 20.2. The predicted molar refractivity (Wildman–Crippen MR) is 221 cm³/mol. The number of unbranched alkanes of at least 4 members (excludes halogenated alkanes) is 13. The molecule has 2 saturated heterocycles. The first-order valence-corrected chi connectivity index (χ1v) is 22.2. The van der Waals surface area contributed by atoms with Crippen molar-refractivity contribution in [1.82, 2.24) is 5.32 Å². The fourth-order valence-corrected chi connectivity index (χ4v) is 7.12. The van der Waals surface area contributed by atoms with Crippen LogP contribution in [-0.2, 0) is 23.7 Å². The smallest absolute Gasteiger partial charge is 0.220 e. The summed E-state index contributed by atoms with van der Waals surface area (Å²) in [5.41, 5.74) is 0. The molecule has 9 N–H and O–H groups in total. The average molecular weight is 830 g/mol. The number of aliphatic hydroxyl groups is 8. The highest BCUT2D eigenvalue weighted by molar-refractivity contribution is 5.76. The SMILES string of the molecule is CCCCCCC/C=C\C/C=C\C/C=C\CCCCCCCCC(=O)NC(COC1OC(CO)C(OC2OC(CO)C(O)C(O)C2O)C(O)C1O)C(O)CCCCC. The van der Waals surface area contributed by atoms with E-state index >= 15 is 0 Å². The lowest BCUT2D eigenvalue weighted by Crippen LogP contribution is -2.65. The normalized spacial score (nSPS) is 29.1. The molecule has 0 bridgehead atoms. The highest BCUT2D eigenvalue weighted by Crippen LogP contribution is 2.30. The number of amides is 1. The Morgan fingerprint density at radius 3 is 1.74 bits per heavy atom. The molecule has 12 atom stereocenters. The van der Waals surface area contributed by atoms with Gasteiger partial charge < -0.3 is 65.1 Å². The third-order valence-corrected chi connectivity index (χ3v) is 10.9. The molecule has 2 fully saturated rings. The second kappa shape index (κ2) is 32.0. The Bertz CT molecular complexity index is 1120. The minimum Gasteiger partial charge on any atom is -0.394 e.